The van der Waals surface area contributed by atoms with Crippen molar-refractivity contribution in [3.05, 3.63) is 23.9 Å². The van der Waals surface area contributed by atoms with Gasteiger partial charge in [0.25, 0.3) is 0 Å². The van der Waals surface area contributed by atoms with E-state index in [9.17, 15) is 9.90 Å². The fraction of sp³-hybridized carbons (Fsp3) is 0.538. The standard InChI is InChI=1S/C13H16N2O2/c16-8-9-2-1-5-14-13(9)15-10-3-4-11(15)7-12(17)6-10/h1-2,5,8,10-12,17H,3-4,6-7H2. The molecule has 4 nitrogen and oxygen atoms in total. The molecule has 17 heavy (non-hydrogen) atoms. The van der Waals surface area contributed by atoms with Crippen LogP contribution in [0.15, 0.2) is 18.3 Å². The van der Waals surface area contributed by atoms with Crippen LogP contribution in [0.2, 0.25) is 0 Å². The van der Waals surface area contributed by atoms with E-state index < -0.39 is 0 Å². The molecule has 1 aromatic rings. The first-order valence-electron chi connectivity index (χ1n) is 6.16. The average molecular weight is 232 g/mol. The van der Waals surface area contributed by atoms with Gasteiger partial charge in [-0.2, -0.15) is 0 Å². The highest BCUT2D eigenvalue weighted by molar-refractivity contribution is 5.83. The second kappa shape index (κ2) is 4.11. The lowest BCUT2D eigenvalue weighted by atomic mass is 9.99. The number of aldehydes is 1. The Kier molecular flexibility index (Phi) is 2.59. The van der Waals surface area contributed by atoms with Crippen LogP contribution in [0.4, 0.5) is 5.82 Å². The maximum absolute atomic E-state index is 11.1. The zero-order valence-corrected chi connectivity index (χ0v) is 9.62. The van der Waals surface area contributed by atoms with Crippen LogP contribution in [-0.4, -0.2) is 34.6 Å². The molecule has 2 aliphatic rings. The summed E-state index contributed by atoms with van der Waals surface area (Å²) in [6.45, 7) is 0. The number of aliphatic hydroxyl groups is 1. The second-order valence-electron chi connectivity index (χ2n) is 4.95. The van der Waals surface area contributed by atoms with E-state index in [4.69, 9.17) is 0 Å². The quantitative estimate of drug-likeness (QED) is 0.783. The minimum Gasteiger partial charge on any atom is -0.393 e. The number of aromatic nitrogens is 1. The Bertz CT molecular complexity index is 421. The molecule has 0 radical (unpaired) electrons. The summed E-state index contributed by atoms with van der Waals surface area (Å²) in [5, 5.41) is 9.76. The van der Waals surface area contributed by atoms with Crippen LogP contribution < -0.4 is 4.90 Å². The molecule has 1 N–H and O–H groups in total. The van der Waals surface area contributed by atoms with Gasteiger partial charge < -0.3 is 10.0 Å². The number of pyridine rings is 1. The third kappa shape index (κ3) is 1.72. The number of carbonyl (C=O) groups is 1. The molecule has 2 atom stereocenters. The SMILES string of the molecule is O=Cc1cccnc1N1C2CCC1CC(O)C2. The Balaban J connectivity index is 1.97. The van der Waals surface area contributed by atoms with Gasteiger partial charge in [0.15, 0.2) is 6.29 Å². The molecule has 2 fully saturated rings. The first-order chi connectivity index (χ1) is 8.29. The van der Waals surface area contributed by atoms with Gasteiger partial charge in [-0.15, -0.1) is 0 Å². The number of piperidine rings is 1. The minimum atomic E-state index is -0.188. The fourth-order valence-electron chi connectivity index (χ4n) is 3.21. The lowest BCUT2D eigenvalue weighted by Gasteiger charge is -2.38. The summed E-state index contributed by atoms with van der Waals surface area (Å²) in [4.78, 5) is 17.7. The Labute approximate surface area is 100 Å². The predicted molar refractivity (Wildman–Crippen MR) is 64.2 cm³/mol. The van der Waals surface area contributed by atoms with Crippen molar-refractivity contribution in [3.8, 4) is 0 Å². The molecule has 3 heterocycles. The van der Waals surface area contributed by atoms with Crippen molar-refractivity contribution < 1.29 is 9.90 Å². The third-order valence-corrected chi connectivity index (χ3v) is 3.90. The van der Waals surface area contributed by atoms with Crippen molar-refractivity contribution in [3.63, 3.8) is 0 Å². The minimum absolute atomic E-state index is 0.188. The van der Waals surface area contributed by atoms with Gasteiger partial charge in [0.1, 0.15) is 5.82 Å². The largest absolute Gasteiger partial charge is 0.393 e. The first kappa shape index (κ1) is 10.7. The molecule has 0 aromatic carbocycles. The van der Waals surface area contributed by atoms with Crippen molar-refractivity contribution in [1.29, 1.82) is 0 Å². The van der Waals surface area contributed by atoms with Crippen LogP contribution in [0.5, 0.6) is 0 Å². The van der Waals surface area contributed by atoms with E-state index in [0.717, 1.165) is 37.8 Å². The van der Waals surface area contributed by atoms with Crippen LogP contribution >= 0.6 is 0 Å². The number of hydrogen-bond donors (Lipinski definition) is 1. The smallest absolute Gasteiger partial charge is 0.153 e. The van der Waals surface area contributed by atoms with E-state index in [1.807, 2.05) is 0 Å². The summed E-state index contributed by atoms with van der Waals surface area (Å²) in [5.41, 5.74) is 0.654. The molecular weight excluding hydrogens is 216 g/mol. The molecule has 1 aromatic heterocycles. The number of aliphatic hydroxyl groups excluding tert-OH is 1. The number of rotatable bonds is 2. The zero-order chi connectivity index (χ0) is 11.8. The summed E-state index contributed by atoms with van der Waals surface area (Å²) in [5.74, 6) is 0.793. The van der Waals surface area contributed by atoms with Gasteiger partial charge in [0, 0.05) is 18.3 Å². The van der Waals surface area contributed by atoms with E-state index in [1.165, 1.54) is 0 Å². The predicted octanol–water partition coefficient (Wildman–Crippen LogP) is 1.39. The van der Waals surface area contributed by atoms with Crippen molar-refractivity contribution in [1.82, 2.24) is 4.98 Å². The fourth-order valence-corrected chi connectivity index (χ4v) is 3.21. The Morgan fingerprint density at radius 1 is 1.35 bits per heavy atom. The van der Waals surface area contributed by atoms with Gasteiger partial charge in [-0.1, -0.05) is 0 Å². The molecule has 90 valence electrons. The molecule has 2 bridgehead atoms. The lowest BCUT2D eigenvalue weighted by molar-refractivity contribution is 0.112. The Hall–Kier alpha value is -1.42. The Morgan fingerprint density at radius 3 is 2.71 bits per heavy atom. The molecule has 4 heteroatoms. The molecule has 0 amide bonds. The van der Waals surface area contributed by atoms with E-state index in [0.29, 0.717) is 17.6 Å². The molecule has 2 aliphatic heterocycles. The van der Waals surface area contributed by atoms with Crippen molar-refractivity contribution in [2.75, 3.05) is 4.90 Å². The zero-order valence-electron chi connectivity index (χ0n) is 9.62. The molecular formula is C13H16N2O2. The van der Waals surface area contributed by atoms with Crippen LogP contribution in [0.1, 0.15) is 36.0 Å². The number of carbonyl (C=O) groups excluding carboxylic acids is 1. The summed E-state index contributed by atoms with van der Waals surface area (Å²) in [6.07, 6.45) is 6.19. The summed E-state index contributed by atoms with van der Waals surface area (Å²) in [7, 11) is 0. The number of hydrogen-bond acceptors (Lipinski definition) is 4. The third-order valence-electron chi connectivity index (χ3n) is 3.90. The van der Waals surface area contributed by atoms with Gasteiger partial charge >= 0.3 is 0 Å². The Morgan fingerprint density at radius 2 is 2.06 bits per heavy atom. The molecule has 2 saturated heterocycles. The number of fused-ring (bicyclic) bond motifs is 2. The lowest BCUT2D eigenvalue weighted by Crippen LogP contribution is -2.45. The van der Waals surface area contributed by atoms with E-state index in [-0.39, 0.29) is 6.10 Å². The number of anilines is 1. The van der Waals surface area contributed by atoms with Crippen molar-refractivity contribution >= 4 is 12.1 Å². The van der Waals surface area contributed by atoms with Gasteiger partial charge in [0.05, 0.1) is 11.7 Å². The van der Waals surface area contributed by atoms with Crippen molar-refractivity contribution in [2.24, 2.45) is 0 Å². The summed E-state index contributed by atoms with van der Waals surface area (Å²) in [6, 6.07) is 4.28. The van der Waals surface area contributed by atoms with Crippen LogP contribution in [0.3, 0.4) is 0 Å². The van der Waals surface area contributed by atoms with Gasteiger partial charge in [-0.25, -0.2) is 4.98 Å². The summed E-state index contributed by atoms with van der Waals surface area (Å²) < 4.78 is 0. The van der Waals surface area contributed by atoms with E-state index in [2.05, 4.69) is 9.88 Å². The topological polar surface area (TPSA) is 53.4 Å². The van der Waals surface area contributed by atoms with Crippen LogP contribution in [0.25, 0.3) is 0 Å². The molecule has 2 unspecified atom stereocenters. The van der Waals surface area contributed by atoms with Gasteiger partial charge in [-0.3, -0.25) is 4.79 Å². The average Bonchev–Trinajstić information content (AvgIpc) is 2.61. The highest BCUT2D eigenvalue weighted by atomic mass is 16.3. The highest BCUT2D eigenvalue weighted by Crippen LogP contribution is 2.39. The maximum atomic E-state index is 11.1. The van der Waals surface area contributed by atoms with Crippen molar-refractivity contribution in [2.45, 2.75) is 43.9 Å². The second-order valence-corrected chi connectivity index (χ2v) is 4.95. The first-order valence-corrected chi connectivity index (χ1v) is 6.16. The monoisotopic (exact) mass is 232 g/mol. The van der Waals surface area contributed by atoms with Crippen LogP contribution in [0, 0.1) is 0 Å². The maximum Gasteiger partial charge on any atom is 0.153 e. The highest BCUT2D eigenvalue weighted by Gasteiger charge is 2.41. The molecule has 0 saturated carbocycles. The number of nitrogens with zero attached hydrogens (tertiary/aromatic N) is 2. The van der Waals surface area contributed by atoms with Gasteiger partial charge in [-0.05, 0) is 37.8 Å². The van der Waals surface area contributed by atoms with Crippen LogP contribution in [-0.2, 0) is 0 Å². The molecule has 0 spiro atoms. The van der Waals surface area contributed by atoms with E-state index in [1.54, 1.807) is 18.3 Å². The van der Waals surface area contributed by atoms with Gasteiger partial charge in [0.2, 0.25) is 0 Å². The molecule has 3 rings (SSSR count). The normalized spacial score (nSPS) is 31.6. The summed E-state index contributed by atoms with van der Waals surface area (Å²) >= 11 is 0. The molecule has 0 aliphatic carbocycles. The van der Waals surface area contributed by atoms with E-state index >= 15 is 0 Å².